The Morgan fingerprint density at radius 2 is 1.97 bits per heavy atom. The van der Waals surface area contributed by atoms with Gasteiger partial charge in [-0.2, -0.15) is 4.98 Å². The number of morpholine rings is 1. The van der Waals surface area contributed by atoms with Crippen molar-refractivity contribution in [3.8, 4) is 0 Å². The van der Waals surface area contributed by atoms with Crippen LogP contribution in [0.15, 0.2) is 35.1 Å². The maximum atomic E-state index is 13.4. The van der Waals surface area contributed by atoms with Crippen LogP contribution in [0.4, 0.5) is 11.5 Å². The number of benzene rings is 1. The number of amides is 1. The van der Waals surface area contributed by atoms with Crippen LogP contribution >= 0.6 is 0 Å². The quantitative estimate of drug-likeness (QED) is 0.634. The molecule has 0 aliphatic carbocycles. The lowest BCUT2D eigenvalue weighted by molar-refractivity contribution is 0.0718. The summed E-state index contributed by atoms with van der Waals surface area (Å²) in [6.45, 7) is 8.89. The lowest BCUT2D eigenvalue weighted by Gasteiger charge is -2.41. The average Bonchev–Trinajstić information content (AvgIpc) is 3.23. The molecule has 9 nitrogen and oxygen atoms in total. The van der Waals surface area contributed by atoms with E-state index in [4.69, 9.17) is 9.26 Å². The third kappa shape index (κ3) is 3.69. The smallest absolute Gasteiger partial charge is 0.277 e. The molecular formula is C22H26N6O3. The van der Waals surface area contributed by atoms with E-state index in [2.05, 4.69) is 63.0 Å². The third-order valence-electron chi connectivity index (χ3n) is 6.01. The Hall–Kier alpha value is -3.20. The Bertz CT molecular complexity index is 1090. The summed E-state index contributed by atoms with van der Waals surface area (Å²) in [4.78, 5) is 28.4. The van der Waals surface area contributed by atoms with Crippen LogP contribution in [0.2, 0.25) is 0 Å². The largest absolute Gasteiger partial charge is 0.378 e. The Kier molecular flexibility index (Phi) is 5.19. The van der Waals surface area contributed by atoms with E-state index in [1.165, 1.54) is 17.6 Å². The molecule has 0 N–H and O–H groups in total. The molecule has 5 rings (SSSR count). The molecule has 162 valence electrons. The second-order valence-corrected chi connectivity index (χ2v) is 8.14. The molecule has 0 spiro atoms. The number of piperazine rings is 1. The van der Waals surface area contributed by atoms with E-state index < -0.39 is 0 Å². The molecule has 4 heterocycles. The number of nitrogens with zero attached hydrogens (tertiary/aromatic N) is 6. The highest BCUT2D eigenvalue weighted by atomic mass is 16.5. The molecule has 1 amide bonds. The van der Waals surface area contributed by atoms with Crippen LogP contribution in [-0.4, -0.2) is 77.9 Å². The van der Waals surface area contributed by atoms with Gasteiger partial charge < -0.3 is 24.0 Å². The van der Waals surface area contributed by atoms with Gasteiger partial charge in [0.15, 0.2) is 5.69 Å². The SMILES string of the molecule is Cc1cccc(N2CCN(C(=O)c3noc4ncnc(N5CCOCC5)c34)CC2C)c1. The number of anilines is 2. The molecule has 0 saturated carbocycles. The summed E-state index contributed by atoms with van der Waals surface area (Å²) in [7, 11) is 0. The van der Waals surface area contributed by atoms with Crippen LogP contribution in [0.1, 0.15) is 23.0 Å². The number of hydrogen-bond acceptors (Lipinski definition) is 8. The van der Waals surface area contributed by atoms with E-state index in [-0.39, 0.29) is 17.6 Å². The number of rotatable bonds is 3. The topological polar surface area (TPSA) is 87.8 Å². The Labute approximate surface area is 180 Å². The van der Waals surface area contributed by atoms with Crippen molar-refractivity contribution in [3.63, 3.8) is 0 Å². The molecule has 0 bridgehead atoms. The number of ether oxygens (including phenoxy) is 1. The number of hydrogen-bond donors (Lipinski definition) is 0. The third-order valence-corrected chi connectivity index (χ3v) is 6.01. The normalized spacial score (nSPS) is 19.8. The maximum Gasteiger partial charge on any atom is 0.277 e. The summed E-state index contributed by atoms with van der Waals surface area (Å²) in [6.07, 6.45) is 1.45. The minimum absolute atomic E-state index is 0.140. The molecule has 31 heavy (non-hydrogen) atoms. The van der Waals surface area contributed by atoms with Crippen molar-refractivity contribution in [2.75, 3.05) is 55.7 Å². The van der Waals surface area contributed by atoms with E-state index in [0.717, 1.165) is 6.54 Å². The fourth-order valence-corrected chi connectivity index (χ4v) is 4.41. The van der Waals surface area contributed by atoms with E-state index >= 15 is 0 Å². The number of aryl methyl sites for hydroxylation is 1. The zero-order valence-electron chi connectivity index (χ0n) is 17.8. The second kappa shape index (κ2) is 8.14. The van der Waals surface area contributed by atoms with Gasteiger partial charge in [0, 0.05) is 44.5 Å². The van der Waals surface area contributed by atoms with Crippen molar-refractivity contribution in [2.24, 2.45) is 0 Å². The van der Waals surface area contributed by atoms with Gasteiger partial charge in [-0.05, 0) is 31.5 Å². The van der Waals surface area contributed by atoms with Crippen LogP contribution in [-0.2, 0) is 4.74 Å². The fraction of sp³-hybridized carbons (Fsp3) is 0.455. The number of carbonyl (C=O) groups is 1. The molecule has 3 aromatic rings. The van der Waals surface area contributed by atoms with Gasteiger partial charge in [0.25, 0.3) is 11.6 Å². The molecule has 1 aromatic carbocycles. The van der Waals surface area contributed by atoms with Crippen LogP contribution in [0.25, 0.3) is 11.1 Å². The molecule has 1 unspecified atom stereocenters. The van der Waals surface area contributed by atoms with Gasteiger partial charge in [0.05, 0.1) is 13.2 Å². The fourth-order valence-electron chi connectivity index (χ4n) is 4.41. The lowest BCUT2D eigenvalue weighted by Crippen LogP contribution is -2.54. The van der Waals surface area contributed by atoms with Crippen molar-refractivity contribution in [1.82, 2.24) is 20.0 Å². The van der Waals surface area contributed by atoms with Gasteiger partial charge in [-0.15, -0.1) is 0 Å². The highest BCUT2D eigenvalue weighted by molar-refractivity contribution is 6.07. The predicted molar refractivity (Wildman–Crippen MR) is 117 cm³/mol. The second-order valence-electron chi connectivity index (χ2n) is 8.14. The number of carbonyl (C=O) groups excluding carboxylic acids is 1. The highest BCUT2D eigenvalue weighted by Crippen LogP contribution is 2.29. The van der Waals surface area contributed by atoms with Gasteiger partial charge in [0.2, 0.25) is 0 Å². The van der Waals surface area contributed by atoms with Crippen LogP contribution in [0.5, 0.6) is 0 Å². The van der Waals surface area contributed by atoms with Gasteiger partial charge in [-0.1, -0.05) is 17.3 Å². The molecule has 0 radical (unpaired) electrons. The zero-order valence-corrected chi connectivity index (χ0v) is 17.8. The summed E-state index contributed by atoms with van der Waals surface area (Å²) in [5, 5.41) is 4.69. The predicted octanol–water partition coefficient (Wildman–Crippen LogP) is 2.11. The van der Waals surface area contributed by atoms with Gasteiger partial charge >= 0.3 is 0 Å². The van der Waals surface area contributed by atoms with Crippen molar-refractivity contribution < 1.29 is 14.1 Å². The summed E-state index contributed by atoms with van der Waals surface area (Å²) in [5.41, 5.74) is 3.04. The van der Waals surface area contributed by atoms with Crippen molar-refractivity contribution in [3.05, 3.63) is 41.9 Å². The van der Waals surface area contributed by atoms with Gasteiger partial charge in [-0.25, -0.2) is 4.98 Å². The summed E-state index contributed by atoms with van der Waals surface area (Å²) in [5.74, 6) is 0.545. The Morgan fingerprint density at radius 1 is 1.13 bits per heavy atom. The van der Waals surface area contributed by atoms with Crippen LogP contribution < -0.4 is 9.80 Å². The summed E-state index contributed by atoms with van der Waals surface area (Å²) in [6, 6.07) is 8.66. The van der Waals surface area contributed by atoms with Gasteiger partial charge in [0.1, 0.15) is 17.5 Å². The molecule has 9 heteroatoms. The molecule has 2 aliphatic rings. The molecule has 2 fully saturated rings. The first kappa shape index (κ1) is 19.7. The highest BCUT2D eigenvalue weighted by Gasteiger charge is 2.32. The van der Waals surface area contributed by atoms with E-state index in [1.54, 1.807) is 0 Å². The number of fused-ring (bicyclic) bond motifs is 1. The lowest BCUT2D eigenvalue weighted by atomic mass is 10.1. The van der Waals surface area contributed by atoms with Crippen LogP contribution in [0, 0.1) is 6.92 Å². The standard InChI is InChI=1S/C22H26N6O3/c1-15-4-3-5-17(12-15)28-7-6-27(13-16(28)2)22(29)19-18-20(26-8-10-30-11-9-26)23-14-24-21(18)31-25-19/h3-5,12,14,16H,6-11,13H2,1-2H3. The van der Waals surface area contributed by atoms with Crippen LogP contribution in [0.3, 0.4) is 0 Å². The zero-order chi connectivity index (χ0) is 21.4. The van der Waals surface area contributed by atoms with E-state index in [9.17, 15) is 4.79 Å². The van der Waals surface area contributed by atoms with Crippen molar-refractivity contribution >= 4 is 28.5 Å². The van der Waals surface area contributed by atoms with Crippen molar-refractivity contribution in [1.29, 1.82) is 0 Å². The number of aromatic nitrogens is 3. The first-order valence-electron chi connectivity index (χ1n) is 10.7. The monoisotopic (exact) mass is 422 g/mol. The summed E-state index contributed by atoms with van der Waals surface area (Å²) >= 11 is 0. The average molecular weight is 422 g/mol. The Morgan fingerprint density at radius 3 is 2.74 bits per heavy atom. The van der Waals surface area contributed by atoms with E-state index in [0.29, 0.717) is 56.3 Å². The van der Waals surface area contributed by atoms with Crippen molar-refractivity contribution in [2.45, 2.75) is 19.9 Å². The molecule has 2 aliphatic heterocycles. The molecule has 2 saturated heterocycles. The minimum Gasteiger partial charge on any atom is -0.378 e. The maximum absolute atomic E-state index is 13.4. The van der Waals surface area contributed by atoms with Gasteiger partial charge in [-0.3, -0.25) is 4.79 Å². The first-order chi connectivity index (χ1) is 15.1. The first-order valence-corrected chi connectivity index (χ1v) is 10.7. The minimum atomic E-state index is -0.140. The molecule has 2 aromatic heterocycles. The summed E-state index contributed by atoms with van der Waals surface area (Å²) < 4.78 is 10.9. The Balaban J connectivity index is 1.39. The van der Waals surface area contributed by atoms with E-state index in [1.807, 2.05) is 4.90 Å². The molecular weight excluding hydrogens is 396 g/mol. The molecule has 1 atom stereocenters.